The van der Waals surface area contributed by atoms with Crippen LogP contribution in [0.3, 0.4) is 0 Å². The number of benzene rings is 1. The van der Waals surface area contributed by atoms with Crippen molar-refractivity contribution in [2.24, 2.45) is 0 Å². The quantitative estimate of drug-likeness (QED) is 0.888. The Bertz CT molecular complexity index is 586. The Morgan fingerprint density at radius 1 is 1.32 bits per heavy atom. The van der Waals surface area contributed by atoms with Crippen molar-refractivity contribution in [3.63, 3.8) is 0 Å². The van der Waals surface area contributed by atoms with E-state index in [0.717, 1.165) is 0 Å². The minimum atomic E-state index is -2.93. The zero-order chi connectivity index (χ0) is 14.0. The second-order valence-electron chi connectivity index (χ2n) is 4.55. The number of aromatic carboxylic acids is 1. The molecule has 1 aliphatic rings. The van der Waals surface area contributed by atoms with E-state index in [1.807, 2.05) is 4.90 Å². The first-order chi connectivity index (χ1) is 8.87. The number of hydrogen-bond acceptors (Lipinski definition) is 4. The van der Waals surface area contributed by atoms with E-state index >= 15 is 0 Å². The number of nitrogens with zero attached hydrogens (tertiary/aromatic N) is 1. The number of halogens is 1. The van der Waals surface area contributed by atoms with Crippen molar-refractivity contribution in [2.75, 3.05) is 24.6 Å². The molecule has 0 atom stereocenters. The Morgan fingerprint density at radius 3 is 2.47 bits per heavy atom. The first-order valence-electron chi connectivity index (χ1n) is 5.82. The van der Waals surface area contributed by atoms with E-state index in [0.29, 0.717) is 25.2 Å². The van der Waals surface area contributed by atoms with E-state index < -0.39 is 21.6 Å². The van der Waals surface area contributed by atoms with Gasteiger partial charge in [0.25, 0.3) is 0 Å². The third-order valence-corrected chi connectivity index (χ3v) is 4.72. The summed E-state index contributed by atoms with van der Waals surface area (Å²) in [6.07, 6.45) is 0. The first-order valence-corrected chi connectivity index (χ1v) is 7.64. The normalized spacial score (nSPS) is 19.2. The summed E-state index contributed by atoms with van der Waals surface area (Å²) in [6, 6.07) is 3.97. The van der Waals surface area contributed by atoms with Gasteiger partial charge in [-0.25, -0.2) is 17.6 Å². The van der Waals surface area contributed by atoms with E-state index in [2.05, 4.69) is 0 Å². The maximum absolute atomic E-state index is 13.5. The lowest BCUT2D eigenvalue weighted by molar-refractivity contribution is 0.0692. The Kier molecular flexibility index (Phi) is 3.86. The molecule has 0 bridgehead atoms. The van der Waals surface area contributed by atoms with Gasteiger partial charge in [0.2, 0.25) is 0 Å². The summed E-state index contributed by atoms with van der Waals surface area (Å²) < 4.78 is 36.0. The van der Waals surface area contributed by atoms with E-state index in [1.165, 1.54) is 12.1 Å². The highest BCUT2D eigenvalue weighted by molar-refractivity contribution is 7.91. The molecule has 0 aromatic heterocycles. The van der Waals surface area contributed by atoms with Crippen LogP contribution in [0.5, 0.6) is 0 Å². The second-order valence-corrected chi connectivity index (χ2v) is 6.85. The van der Waals surface area contributed by atoms with Gasteiger partial charge < -0.3 is 5.11 Å². The maximum atomic E-state index is 13.5. The molecule has 7 heteroatoms. The molecule has 0 radical (unpaired) electrons. The van der Waals surface area contributed by atoms with Crippen LogP contribution in [-0.2, 0) is 16.4 Å². The molecule has 2 rings (SSSR count). The van der Waals surface area contributed by atoms with Crippen molar-refractivity contribution in [2.45, 2.75) is 6.54 Å². The molecule has 104 valence electrons. The average Bonchev–Trinajstić information content (AvgIpc) is 2.31. The first kappa shape index (κ1) is 14.0. The van der Waals surface area contributed by atoms with Crippen LogP contribution in [0, 0.1) is 5.82 Å². The molecule has 1 aromatic rings. The van der Waals surface area contributed by atoms with Crippen LogP contribution in [0.4, 0.5) is 4.39 Å². The largest absolute Gasteiger partial charge is 0.478 e. The van der Waals surface area contributed by atoms with Crippen molar-refractivity contribution in [1.82, 2.24) is 4.90 Å². The number of carbonyl (C=O) groups is 1. The average molecular weight is 287 g/mol. The molecule has 0 spiro atoms. The molecule has 0 saturated carbocycles. The van der Waals surface area contributed by atoms with E-state index in [9.17, 15) is 17.6 Å². The standard InChI is InChI=1S/C12H14FNO4S/c13-11-7-9(1-2-10(11)12(15)16)8-14-3-5-19(17,18)6-4-14/h1-2,7H,3-6,8H2,(H,15,16). The van der Waals surface area contributed by atoms with Gasteiger partial charge in [-0.1, -0.05) is 6.07 Å². The molecule has 1 N–H and O–H groups in total. The Labute approximate surface area is 110 Å². The molecule has 5 nitrogen and oxygen atoms in total. The van der Waals surface area contributed by atoms with E-state index in [-0.39, 0.29) is 17.1 Å². The van der Waals surface area contributed by atoms with Gasteiger partial charge in [-0.2, -0.15) is 0 Å². The molecule has 19 heavy (non-hydrogen) atoms. The smallest absolute Gasteiger partial charge is 0.338 e. The molecule has 1 fully saturated rings. The lowest BCUT2D eigenvalue weighted by Crippen LogP contribution is -2.39. The molecule has 1 aromatic carbocycles. The highest BCUT2D eigenvalue weighted by atomic mass is 32.2. The van der Waals surface area contributed by atoms with E-state index in [1.54, 1.807) is 6.07 Å². The predicted octanol–water partition coefficient (Wildman–Crippen LogP) is 0.754. The summed E-state index contributed by atoms with van der Waals surface area (Å²) in [5.41, 5.74) is 0.284. The summed E-state index contributed by atoms with van der Waals surface area (Å²) in [4.78, 5) is 12.6. The van der Waals surface area contributed by atoms with Crippen molar-refractivity contribution >= 4 is 15.8 Å². The number of hydrogen-bond donors (Lipinski definition) is 1. The van der Waals surface area contributed by atoms with Crippen LogP contribution in [0.1, 0.15) is 15.9 Å². The number of sulfone groups is 1. The number of carboxylic acid groups (broad SMARTS) is 1. The van der Waals surface area contributed by atoms with Gasteiger partial charge in [-0.15, -0.1) is 0 Å². The summed E-state index contributed by atoms with van der Waals surface area (Å²) in [6.45, 7) is 1.27. The van der Waals surface area contributed by atoms with Gasteiger partial charge in [0.15, 0.2) is 9.84 Å². The van der Waals surface area contributed by atoms with E-state index in [4.69, 9.17) is 5.11 Å². The van der Waals surface area contributed by atoms with Crippen LogP contribution in [0.2, 0.25) is 0 Å². The number of carboxylic acids is 1. The highest BCUT2D eigenvalue weighted by Gasteiger charge is 2.21. The van der Waals surface area contributed by atoms with Crippen LogP contribution in [0.15, 0.2) is 18.2 Å². The predicted molar refractivity (Wildman–Crippen MR) is 67.3 cm³/mol. The lowest BCUT2D eigenvalue weighted by Gasteiger charge is -2.26. The summed E-state index contributed by atoms with van der Waals surface area (Å²) in [5, 5.41) is 8.72. The molecule has 1 saturated heterocycles. The molecule has 0 unspecified atom stereocenters. The monoisotopic (exact) mass is 287 g/mol. The molecular weight excluding hydrogens is 273 g/mol. The maximum Gasteiger partial charge on any atom is 0.338 e. The summed E-state index contributed by atoms with van der Waals surface area (Å²) in [7, 11) is -2.93. The van der Waals surface area contributed by atoms with Gasteiger partial charge in [-0.05, 0) is 17.7 Å². The van der Waals surface area contributed by atoms with Gasteiger partial charge in [0, 0.05) is 19.6 Å². The van der Waals surface area contributed by atoms with Gasteiger partial charge in [0.1, 0.15) is 5.82 Å². The van der Waals surface area contributed by atoms with Crippen LogP contribution in [-0.4, -0.2) is 49.0 Å². The number of rotatable bonds is 3. The van der Waals surface area contributed by atoms with Crippen molar-refractivity contribution < 1.29 is 22.7 Å². The molecule has 0 amide bonds. The second kappa shape index (κ2) is 5.26. The van der Waals surface area contributed by atoms with Gasteiger partial charge in [0.05, 0.1) is 17.1 Å². The Morgan fingerprint density at radius 2 is 1.95 bits per heavy atom. The van der Waals surface area contributed by atoms with Crippen LogP contribution in [0.25, 0.3) is 0 Å². The van der Waals surface area contributed by atoms with Gasteiger partial charge >= 0.3 is 5.97 Å². The van der Waals surface area contributed by atoms with Crippen LogP contribution < -0.4 is 0 Å². The fraction of sp³-hybridized carbons (Fsp3) is 0.417. The topological polar surface area (TPSA) is 74.7 Å². The minimum Gasteiger partial charge on any atom is -0.478 e. The third-order valence-electron chi connectivity index (χ3n) is 3.11. The fourth-order valence-electron chi connectivity index (χ4n) is 2.00. The Hall–Kier alpha value is -1.47. The Balaban J connectivity index is 2.04. The van der Waals surface area contributed by atoms with Gasteiger partial charge in [-0.3, -0.25) is 4.90 Å². The van der Waals surface area contributed by atoms with Crippen molar-refractivity contribution in [3.05, 3.63) is 35.1 Å². The zero-order valence-corrected chi connectivity index (χ0v) is 11.0. The molecule has 0 aliphatic carbocycles. The van der Waals surface area contributed by atoms with Crippen molar-refractivity contribution in [1.29, 1.82) is 0 Å². The molecule has 1 heterocycles. The molecular formula is C12H14FNO4S. The SMILES string of the molecule is O=C(O)c1ccc(CN2CCS(=O)(=O)CC2)cc1F. The highest BCUT2D eigenvalue weighted by Crippen LogP contribution is 2.14. The van der Waals surface area contributed by atoms with Crippen molar-refractivity contribution in [3.8, 4) is 0 Å². The lowest BCUT2D eigenvalue weighted by atomic mass is 10.1. The van der Waals surface area contributed by atoms with Crippen LogP contribution >= 0.6 is 0 Å². The summed E-state index contributed by atoms with van der Waals surface area (Å²) in [5.74, 6) is -1.84. The zero-order valence-electron chi connectivity index (χ0n) is 10.2. The minimum absolute atomic E-state index is 0.114. The third kappa shape index (κ3) is 3.51. The fourth-order valence-corrected chi connectivity index (χ4v) is 3.27. The summed E-state index contributed by atoms with van der Waals surface area (Å²) >= 11 is 0. The molecule has 1 aliphatic heterocycles.